The number of hydrogen-bond acceptors (Lipinski definition) is 3. The van der Waals surface area contributed by atoms with Gasteiger partial charge in [-0.2, -0.15) is 0 Å². The molecule has 0 bridgehead atoms. The third-order valence-electron chi connectivity index (χ3n) is 10.9. The molecule has 0 aromatic heterocycles. The second-order valence-electron chi connectivity index (χ2n) is 13.2. The Labute approximate surface area is 213 Å². The first-order valence-electron chi connectivity index (χ1n) is 14.8. The summed E-state index contributed by atoms with van der Waals surface area (Å²) in [5, 5.41) is 18.4. The van der Waals surface area contributed by atoms with E-state index >= 15 is 0 Å². The Balaban J connectivity index is 1.24. The lowest BCUT2D eigenvalue weighted by Gasteiger charge is -2.59. The van der Waals surface area contributed by atoms with Crippen LogP contribution in [0.3, 0.4) is 0 Å². The molecule has 4 rings (SSSR count). The maximum absolute atomic E-state index is 12.1. The molecule has 35 heavy (non-hydrogen) atoms. The van der Waals surface area contributed by atoms with Crippen molar-refractivity contribution in [2.75, 3.05) is 0 Å². The number of carbonyl (C=O) groups excluding carboxylic acids is 1. The van der Waals surface area contributed by atoms with Gasteiger partial charge in [-0.15, -0.1) is 0 Å². The number of allylic oxidation sites excluding steroid dienone is 1. The van der Waals surface area contributed by atoms with Gasteiger partial charge < -0.3 is 10.2 Å². The Morgan fingerprint density at radius 1 is 1.03 bits per heavy atom. The maximum atomic E-state index is 12.1. The molecule has 0 spiro atoms. The largest absolute Gasteiger partial charge is 0.481 e. The standard InChI is InChI=1S/C31H50O4/c1-20-16-22-17-25(33)13-14-26(22)29-21(2)19-31(3)23(12-15-27(31)30(20)29)10-8-6-4-5-7-9-11-24(32)18-28(34)35/h17,20-21,23-24,26-27,29-30,32H,4-16,18-19H2,1-3H3,(H,34,35)/t20-,21+,23?,24?,26+,27+,29-,30+,31-/m1/s1. The van der Waals surface area contributed by atoms with Crippen LogP contribution in [0.5, 0.6) is 0 Å². The van der Waals surface area contributed by atoms with E-state index in [4.69, 9.17) is 5.11 Å². The molecule has 0 saturated heterocycles. The van der Waals surface area contributed by atoms with Gasteiger partial charge in [-0.25, -0.2) is 0 Å². The minimum atomic E-state index is -0.909. The molecule has 2 N–H and O–H groups in total. The van der Waals surface area contributed by atoms with Gasteiger partial charge in [0.1, 0.15) is 0 Å². The van der Waals surface area contributed by atoms with E-state index in [9.17, 15) is 14.7 Å². The molecule has 3 saturated carbocycles. The van der Waals surface area contributed by atoms with E-state index in [1.54, 1.807) is 0 Å². The number of carbonyl (C=O) groups is 2. The van der Waals surface area contributed by atoms with Crippen molar-refractivity contribution in [2.45, 2.75) is 123 Å². The summed E-state index contributed by atoms with van der Waals surface area (Å²) in [4.78, 5) is 22.7. The average Bonchev–Trinajstić information content (AvgIpc) is 3.10. The van der Waals surface area contributed by atoms with E-state index in [-0.39, 0.29) is 6.42 Å². The number of aliphatic carboxylic acids is 1. The van der Waals surface area contributed by atoms with Crippen LogP contribution in [0, 0.1) is 46.8 Å². The minimum Gasteiger partial charge on any atom is -0.481 e. The molecule has 4 nitrogen and oxygen atoms in total. The summed E-state index contributed by atoms with van der Waals surface area (Å²) in [5.41, 5.74) is 2.00. The first-order chi connectivity index (χ1) is 16.7. The number of aliphatic hydroxyl groups excluding tert-OH is 1. The molecular weight excluding hydrogens is 436 g/mol. The third-order valence-corrected chi connectivity index (χ3v) is 10.9. The van der Waals surface area contributed by atoms with E-state index < -0.39 is 12.1 Å². The molecule has 3 fully saturated rings. The number of unbranched alkanes of at least 4 members (excludes halogenated alkanes) is 5. The van der Waals surface area contributed by atoms with Crippen LogP contribution in [-0.2, 0) is 9.59 Å². The molecule has 0 aromatic carbocycles. The highest BCUT2D eigenvalue weighted by Crippen LogP contribution is 2.66. The first-order valence-corrected chi connectivity index (χ1v) is 14.8. The van der Waals surface area contributed by atoms with E-state index in [0.29, 0.717) is 29.5 Å². The van der Waals surface area contributed by atoms with Gasteiger partial charge in [0.15, 0.2) is 5.78 Å². The zero-order valence-corrected chi connectivity index (χ0v) is 22.5. The van der Waals surface area contributed by atoms with Crippen LogP contribution in [0.25, 0.3) is 0 Å². The minimum absolute atomic E-state index is 0.127. The zero-order chi connectivity index (χ0) is 25.2. The van der Waals surface area contributed by atoms with E-state index in [0.717, 1.165) is 61.7 Å². The van der Waals surface area contributed by atoms with Gasteiger partial charge in [0.05, 0.1) is 12.5 Å². The number of carboxylic acid groups (broad SMARTS) is 1. The van der Waals surface area contributed by atoms with E-state index in [1.165, 1.54) is 56.9 Å². The fraction of sp³-hybridized carbons (Fsp3) is 0.871. The van der Waals surface area contributed by atoms with Crippen molar-refractivity contribution >= 4 is 11.8 Å². The Kier molecular flexibility index (Phi) is 8.82. The summed E-state index contributed by atoms with van der Waals surface area (Å²) < 4.78 is 0. The molecule has 4 aliphatic carbocycles. The Bertz CT molecular complexity index is 787. The fourth-order valence-corrected chi connectivity index (χ4v) is 9.49. The fourth-order valence-electron chi connectivity index (χ4n) is 9.49. The Hall–Kier alpha value is -1.16. The molecule has 9 atom stereocenters. The topological polar surface area (TPSA) is 74.6 Å². The molecule has 4 heteroatoms. The van der Waals surface area contributed by atoms with Crippen LogP contribution in [0.4, 0.5) is 0 Å². The lowest BCUT2D eigenvalue weighted by molar-refractivity contribution is -0.139. The lowest BCUT2D eigenvalue weighted by atomic mass is 9.46. The molecule has 0 radical (unpaired) electrons. The number of hydrogen-bond donors (Lipinski definition) is 2. The van der Waals surface area contributed by atoms with Crippen molar-refractivity contribution in [3.8, 4) is 0 Å². The SMILES string of the molecule is C[C@@H]1CC2=CC(=O)CC[C@@H]2[C@@H]2[C@@H]1[C@@H]1CCC(CCCCCCCCC(O)CC(=O)O)[C@@]1(C)C[C@@H]2C. The van der Waals surface area contributed by atoms with Crippen molar-refractivity contribution in [3.05, 3.63) is 11.6 Å². The Morgan fingerprint density at radius 3 is 2.49 bits per heavy atom. The normalized spacial score (nSPS) is 39.4. The number of carboxylic acids is 1. The molecule has 0 aliphatic heterocycles. The van der Waals surface area contributed by atoms with Crippen LogP contribution >= 0.6 is 0 Å². The molecule has 198 valence electrons. The predicted molar refractivity (Wildman–Crippen MR) is 140 cm³/mol. The maximum Gasteiger partial charge on any atom is 0.305 e. The molecular formula is C31H50O4. The van der Waals surface area contributed by atoms with Crippen LogP contribution in [0.15, 0.2) is 11.6 Å². The summed E-state index contributed by atoms with van der Waals surface area (Å²) in [7, 11) is 0. The summed E-state index contributed by atoms with van der Waals surface area (Å²) in [5.74, 6) is 5.01. The summed E-state index contributed by atoms with van der Waals surface area (Å²) >= 11 is 0. The van der Waals surface area contributed by atoms with E-state index in [1.807, 2.05) is 6.08 Å². The monoisotopic (exact) mass is 486 g/mol. The van der Waals surface area contributed by atoms with Crippen molar-refractivity contribution in [1.82, 2.24) is 0 Å². The third kappa shape index (κ3) is 5.89. The summed E-state index contributed by atoms with van der Waals surface area (Å²) in [6.45, 7) is 7.67. The molecule has 2 unspecified atom stereocenters. The highest BCUT2D eigenvalue weighted by molar-refractivity contribution is 5.91. The second kappa shape index (κ2) is 11.5. The van der Waals surface area contributed by atoms with Gasteiger partial charge in [-0.05, 0) is 97.9 Å². The molecule has 0 amide bonds. The first kappa shape index (κ1) is 26.9. The van der Waals surface area contributed by atoms with Gasteiger partial charge in [0, 0.05) is 6.42 Å². The van der Waals surface area contributed by atoms with Crippen LogP contribution in [0.2, 0.25) is 0 Å². The molecule has 4 aliphatic rings. The molecule has 0 aromatic rings. The van der Waals surface area contributed by atoms with Gasteiger partial charge >= 0.3 is 5.97 Å². The second-order valence-corrected chi connectivity index (χ2v) is 13.2. The van der Waals surface area contributed by atoms with Crippen molar-refractivity contribution in [2.24, 2.45) is 46.8 Å². The van der Waals surface area contributed by atoms with Gasteiger partial charge in [0.2, 0.25) is 0 Å². The number of aliphatic hydroxyl groups is 1. The van der Waals surface area contributed by atoms with Crippen LogP contribution in [0.1, 0.15) is 117 Å². The summed E-state index contributed by atoms with van der Waals surface area (Å²) in [6.07, 6.45) is 17.6. The van der Waals surface area contributed by atoms with Crippen molar-refractivity contribution < 1.29 is 19.8 Å². The van der Waals surface area contributed by atoms with E-state index in [2.05, 4.69) is 20.8 Å². The highest BCUT2D eigenvalue weighted by atomic mass is 16.4. The van der Waals surface area contributed by atoms with Gasteiger partial charge in [-0.1, -0.05) is 64.9 Å². The quantitative estimate of drug-likeness (QED) is 0.303. The van der Waals surface area contributed by atoms with Gasteiger partial charge in [0.25, 0.3) is 0 Å². The highest BCUT2D eigenvalue weighted by Gasteiger charge is 2.59. The number of ketones is 1. The van der Waals surface area contributed by atoms with Crippen molar-refractivity contribution in [1.29, 1.82) is 0 Å². The van der Waals surface area contributed by atoms with Crippen molar-refractivity contribution in [3.63, 3.8) is 0 Å². The summed E-state index contributed by atoms with van der Waals surface area (Å²) in [6, 6.07) is 0. The zero-order valence-electron chi connectivity index (χ0n) is 22.5. The van der Waals surface area contributed by atoms with Crippen LogP contribution in [-0.4, -0.2) is 28.1 Å². The molecule has 0 heterocycles. The average molecular weight is 487 g/mol. The number of fused-ring (bicyclic) bond motifs is 5. The smallest absolute Gasteiger partial charge is 0.305 e. The van der Waals surface area contributed by atoms with Gasteiger partial charge in [-0.3, -0.25) is 9.59 Å². The van der Waals surface area contributed by atoms with Crippen LogP contribution < -0.4 is 0 Å². The number of rotatable bonds is 11. The predicted octanol–water partition coefficient (Wildman–Crippen LogP) is 7.19. The lowest BCUT2D eigenvalue weighted by Crippen LogP contribution is -2.52. The Morgan fingerprint density at radius 2 is 1.74 bits per heavy atom.